The van der Waals surface area contributed by atoms with Crippen LogP contribution >= 0.6 is 11.6 Å². The van der Waals surface area contributed by atoms with Crippen LogP contribution in [0.1, 0.15) is 28.2 Å². The summed E-state index contributed by atoms with van der Waals surface area (Å²) in [6.07, 6.45) is -0.456. The molecule has 158 valence electrons. The number of nitrogens with one attached hydrogen (secondary N) is 2. The Morgan fingerprint density at radius 2 is 1.39 bits per heavy atom. The molecule has 3 aromatic rings. The molecule has 0 fully saturated rings. The second kappa shape index (κ2) is 9.67. The Hall–Kier alpha value is -3.31. The maximum absolute atomic E-state index is 12.3. The quantitative estimate of drug-likeness (QED) is 0.535. The summed E-state index contributed by atoms with van der Waals surface area (Å²) in [6.45, 7) is 1.02. The second-order valence-electron chi connectivity index (χ2n) is 7.41. The molecule has 0 heterocycles. The van der Waals surface area contributed by atoms with Gasteiger partial charge < -0.3 is 15.4 Å². The van der Waals surface area contributed by atoms with Crippen molar-refractivity contribution in [2.24, 2.45) is 0 Å². The highest BCUT2D eigenvalue weighted by Gasteiger charge is 2.28. The van der Waals surface area contributed by atoms with E-state index >= 15 is 0 Å². The van der Waals surface area contributed by atoms with Gasteiger partial charge in [0, 0.05) is 19.0 Å². The summed E-state index contributed by atoms with van der Waals surface area (Å²) >= 11 is 5.49. The Kier molecular flexibility index (Phi) is 6.53. The molecule has 1 aliphatic carbocycles. The van der Waals surface area contributed by atoms with Crippen molar-refractivity contribution in [2.75, 3.05) is 12.5 Å². The summed E-state index contributed by atoms with van der Waals surface area (Å²) in [6, 6.07) is 24.1. The number of alkyl carbamates (subject to hydrolysis) is 1. The number of hydrogen-bond donors (Lipinski definition) is 2. The van der Waals surface area contributed by atoms with E-state index in [1.807, 2.05) is 48.5 Å². The molecule has 2 N–H and O–H groups in total. The first kappa shape index (κ1) is 20.9. The number of carbonyl (C=O) groups excluding carboxylic acids is 2. The number of hydrogen-bond acceptors (Lipinski definition) is 3. The Labute approximate surface area is 186 Å². The van der Waals surface area contributed by atoms with Crippen LogP contribution in [-0.2, 0) is 22.6 Å². The van der Waals surface area contributed by atoms with Crippen LogP contribution in [0.15, 0.2) is 72.8 Å². The normalized spacial score (nSPS) is 12.0. The van der Waals surface area contributed by atoms with E-state index in [0.717, 1.165) is 11.1 Å². The number of carbonyl (C=O) groups is 2. The van der Waals surface area contributed by atoms with E-state index in [1.165, 1.54) is 22.3 Å². The summed E-state index contributed by atoms with van der Waals surface area (Å²) in [5, 5.41) is 5.53. The molecule has 6 heteroatoms. The van der Waals surface area contributed by atoms with Crippen LogP contribution in [0.5, 0.6) is 0 Å². The van der Waals surface area contributed by atoms with Gasteiger partial charge in [0.2, 0.25) is 5.91 Å². The molecule has 0 saturated heterocycles. The van der Waals surface area contributed by atoms with Gasteiger partial charge in [-0.1, -0.05) is 72.8 Å². The zero-order valence-electron chi connectivity index (χ0n) is 16.9. The highest BCUT2D eigenvalue weighted by atomic mass is 35.5. The molecule has 4 rings (SSSR count). The van der Waals surface area contributed by atoms with Crippen molar-refractivity contribution in [3.05, 3.63) is 95.1 Å². The van der Waals surface area contributed by atoms with E-state index in [9.17, 15) is 9.59 Å². The minimum atomic E-state index is -0.456. The number of alkyl halides is 1. The molecular formula is C25H23ClN2O3. The van der Waals surface area contributed by atoms with E-state index in [2.05, 4.69) is 34.9 Å². The van der Waals surface area contributed by atoms with Crippen LogP contribution in [0.4, 0.5) is 4.79 Å². The molecule has 0 aliphatic heterocycles. The number of halogens is 1. The Morgan fingerprint density at radius 3 is 2.00 bits per heavy atom. The van der Waals surface area contributed by atoms with Gasteiger partial charge in [-0.3, -0.25) is 4.79 Å². The van der Waals surface area contributed by atoms with Crippen LogP contribution in [0.2, 0.25) is 0 Å². The largest absolute Gasteiger partial charge is 0.449 e. The molecule has 3 aromatic carbocycles. The predicted octanol–water partition coefficient (Wildman–Crippen LogP) is 4.58. The minimum Gasteiger partial charge on any atom is -0.449 e. The van der Waals surface area contributed by atoms with Crippen LogP contribution in [0.3, 0.4) is 0 Å². The van der Waals surface area contributed by atoms with Gasteiger partial charge in [0.25, 0.3) is 0 Å². The van der Waals surface area contributed by atoms with E-state index in [0.29, 0.717) is 13.1 Å². The van der Waals surface area contributed by atoms with Gasteiger partial charge in [-0.05, 0) is 33.4 Å². The maximum atomic E-state index is 12.3. The smallest absolute Gasteiger partial charge is 0.407 e. The third kappa shape index (κ3) is 4.89. The molecule has 1 aliphatic rings. The Morgan fingerprint density at radius 1 is 0.806 bits per heavy atom. The molecule has 0 bridgehead atoms. The van der Waals surface area contributed by atoms with E-state index in [-0.39, 0.29) is 24.3 Å². The van der Waals surface area contributed by atoms with Crippen molar-refractivity contribution in [2.45, 2.75) is 19.0 Å². The summed E-state index contributed by atoms with van der Waals surface area (Å²) in [5.74, 6) is -0.251. The van der Waals surface area contributed by atoms with E-state index in [1.54, 1.807) is 0 Å². The molecule has 0 atom stereocenters. The van der Waals surface area contributed by atoms with Crippen LogP contribution in [0.25, 0.3) is 11.1 Å². The second-order valence-corrected chi connectivity index (χ2v) is 7.68. The van der Waals surface area contributed by atoms with Gasteiger partial charge in [-0.15, -0.1) is 11.6 Å². The van der Waals surface area contributed by atoms with Crippen molar-refractivity contribution < 1.29 is 14.3 Å². The van der Waals surface area contributed by atoms with Crippen molar-refractivity contribution in [1.82, 2.24) is 10.6 Å². The molecule has 31 heavy (non-hydrogen) atoms. The van der Waals surface area contributed by atoms with Gasteiger partial charge in [-0.2, -0.15) is 0 Å². The molecule has 0 spiro atoms. The fourth-order valence-electron chi connectivity index (χ4n) is 3.92. The summed E-state index contributed by atoms with van der Waals surface area (Å²) in [7, 11) is 0. The summed E-state index contributed by atoms with van der Waals surface area (Å²) in [5.41, 5.74) is 6.62. The van der Waals surface area contributed by atoms with Gasteiger partial charge >= 0.3 is 6.09 Å². The first-order valence-corrected chi connectivity index (χ1v) is 10.7. The lowest BCUT2D eigenvalue weighted by molar-refractivity contribution is -0.118. The molecule has 0 radical (unpaired) electrons. The van der Waals surface area contributed by atoms with E-state index in [4.69, 9.17) is 16.3 Å². The topological polar surface area (TPSA) is 67.4 Å². The fourth-order valence-corrected chi connectivity index (χ4v) is 4.02. The minimum absolute atomic E-state index is 0.0343. The van der Waals surface area contributed by atoms with Crippen molar-refractivity contribution >= 4 is 23.6 Å². The lowest BCUT2D eigenvalue weighted by Gasteiger charge is -2.15. The van der Waals surface area contributed by atoms with Crippen molar-refractivity contribution in [1.29, 1.82) is 0 Å². The van der Waals surface area contributed by atoms with Gasteiger partial charge in [0.1, 0.15) is 12.5 Å². The standard InChI is InChI=1S/C25H23ClN2O3/c26-13-24(29)27-14-17-6-5-7-18(12-17)15-28-25(30)31-16-23-21-10-3-1-8-19(21)20-9-2-4-11-22(20)23/h1-12,23H,13-16H2,(H,27,29)(H,28,30). The highest BCUT2D eigenvalue weighted by Crippen LogP contribution is 2.44. The molecule has 5 nitrogen and oxygen atoms in total. The first-order chi connectivity index (χ1) is 15.2. The number of amides is 2. The summed E-state index contributed by atoms with van der Waals surface area (Å²) < 4.78 is 5.56. The van der Waals surface area contributed by atoms with Gasteiger partial charge in [0.05, 0.1) is 0 Å². The number of fused-ring (bicyclic) bond motifs is 3. The van der Waals surface area contributed by atoms with Crippen LogP contribution in [-0.4, -0.2) is 24.5 Å². The number of ether oxygens (including phenoxy) is 1. The SMILES string of the molecule is O=C(CCl)NCc1cccc(CNC(=O)OCC2c3ccccc3-c3ccccc32)c1. The Balaban J connectivity index is 1.33. The zero-order valence-corrected chi connectivity index (χ0v) is 17.7. The average molecular weight is 435 g/mol. The molecule has 0 aromatic heterocycles. The van der Waals surface area contributed by atoms with Crippen molar-refractivity contribution in [3.63, 3.8) is 0 Å². The molecule has 0 unspecified atom stereocenters. The lowest BCUT2D eigenvalue weighted by atomic mass is 9.98. The highest BCUT2D eigenvalue weighted by molar-refractivity contribution is 6.27. The average Bonchev–Trinajstić information content (AvgIpc) is 3.14. The number of benzene rings is 3. The first-order valence-electron chi connectivity index (χ1n) is 10.1. The third-order valence-corrected chi connectivity index (χ3v) is 5.63. The van der Waals surface area contributed by atoms with Crippen molar-refractivity contribution in [3.8, 4) is 11.1 Å². The predicted molar refractivity (Wildman–Crippen MR) is 121 cm³/mol. The number of rotatable bonds is 7. The molecule has 2 amide bonds. The monoisotopic (exact) mass is 434 g/mol. The Bertz CT molecular complexity index is 1050. The van der Waals surface area contributed by atoms with Crippen LogP contribution < -0.4 is 10.6 Å². The van der Waals surface area contributed by atoms with E-state index < -0.39 is 6.09 Å². The zero-order chi connectivity index (χ0) is 21.6. The lowest BCUT2D eigenvalue weighted by Crippen LogP contribution is -2.26. The van der Waals surface area contributed by atoms with Gasteiger partial charge in [0.15, 0.2) is 0 Å². The molecule has 0 saturated carbocycles. The summed E-state index contributed by atoms with van der Waals surface area (Å²) in [4.78, 5) is 23.6. The van der Waals surface area contributed by atoms with Gasteiger partial charge in [-0.25, -0.2) is 4.79 Å². The maximum Gasteiger partial charge on any atom is 0.407 e. The molecular weight excluding hydrogens is 412 g/mol. The third-order valence-electron chi connectivity index (χ3n) is 5.38. The van der Waals surface area contributed by atoms with Crippen LogP contribution in [0, 0.1) is 0 Å². The fraction of sp³-hybridized carbons (Fsp3) is 0.200.